The molecule has 1 aromatic heterocycles. The number of hydrogen-bond acceptors (Lipinski definition) is 8. The van der Waals surface area contributed by atoms with Crippen molar-refractivity contribution in [3.63, 3.8) is 0 Å². The van der Waals surface area contributed by atoms with Crippen LogP contribution < -0.4 is 21.7 Å². The van der Waals surface area contributed by atoms with E-state index < -0.39 is 30.1 Å². The lowest BCUT2D eigenvalue weighted by Crippen LogP contribution is -2.49. The highest BCUT2D eigenvalue weighted by atomic mass is 16.6. The number of likely N-dealkylation sites (N-methyl/N-ethyl adjacent to an activating group) is 1. The van der Waals surface area contributed by atoms with E-state index in [2.05, 4.69) is 25.9 Å². The van der Waals surface area contributed by atoms with Gasteiger partial charge in [0.1, 0.15) is 11.9 Å². The molecular weight excluding hydrogens is 414 g/mol. The van der Waals surface area contributed by atoms with Crippen LogP contribution in [0.25, 0.3) is 0 Å². The Morgan fingerprint density at radius 2 is 1.81 bits per heavy atom. The molecule has 0 spiro atoms. The van der Waals surface area contributed by atoms with E-state index in [4.69, 9.17) is 10.5 Å². The SMILES string of the molecule is CN(C)C(=O)[C@H](Cc1ccccc1)NC(=O)[C@H]1O[C@@H]1C(=O)NCCNc1nccc(N)n1. The molecule has 11 heteroatoms. The number of anilines is 2. The Balaban J connectivity index is 1.45. The van der Waals surface area contributed by atoms with E-state index in [-0.39, 0.29) is 12.5 Å². The second kappa shape index (κ2) is 10.5. The average Bonchev–Trinajstić information content (AvgIpc) is 3.57. The number of nitrogen functional groups attached to an aromatic ring is 1. The quantitative estimate of drug-likeness (QED) is 0.275. The number of nitrogens with two attached hydrogens (primary N) is 1. The maximum Gasteiger partial charge on any atom is 0.253 e. The predicted octanol–water partition coefficient (Wildman–Crippen LogP) is -0.830. The first kappa shape index (κ1) is 22.9. The van der Waals surface area contributed by atoms with Gasteiger partial charge in [-0.3, -0.25) is 14.4 Å². The Hall–Kier alpha value is -3.73. The van der Waals surface area contributed by atoms with Gasteiger partial charge in [0.15, 0.2) is 12.2 Å². The number of hydrogen-bond donors (Lipinski definition) is 4. The van der Waals surface area contributed by atoms with Gasteiger partial charge in [-0.1, -0.05) is 30.3 Å². The van der Waals surface area contributed by atoms with Gasteiger partial charge in [-0.15, -0.1) is 0 Å². The van der Waals surface area contributed by atoms with E-state index in [1.165, 1.54) is 11.1 Å². The molecule has 3 amide bonds. The molecule has 2 aromatic rings. The van der Waals surface area contributed by atoms with E-state index in [9.17, 15) is 14.4 Å². The third-order valence-electron chi connectivity index (χ3n) is 4.73. The fourth-order valence-electron chi connectivity index (χ4n) is 3.04. The highest BCUT2D eigenvalue weighted by molar-refractivity contribution is 5.97. The number of aromatic nitrogens is 2. The van der Waals surface area contributed by atoms with E-state index in [0.717, 1.165) is 5.56 Å². The Morgan fingerprint density at radius 3 is 2.50 bits per heavy atom. The smallest absolute Gasteiger partial charge is 0.253 e. The first-order valence-electron chi connectivity index (χ1n) is 10.2. The molecule has 1 fully saturated rings. The summed E-state index contributed by atoms with van der Waals surface area (Å²) in [7, 11) is 3.25. The van der Waals surface area contributed by atoms with Crippen molar-refractivity contribution in [1.82, 2.24) is 25.5 Å². The van der Waals surface area contributed by atoms with E-state index >= 15 is 0 Å². The minimum atomic E-state index is -0.923. The van der Waals surface area contributed by atoms with Crippen molar-refractivity contribution in [1.29, 1.82) is 0 Å². The summed E-state index contributed by atoms with van der Waals surface area (Å²) >= 11 is 0. The minimum absolute atomic E-state index is 0.237. The highest BCUT2D eigenvalue weighted by Gasteiger charge is 2.50. The zero-order valence-corrected chi connectivity index (χ0v) is 17.9. The fourth-order valence-corrected chi connectivity index (χ4v) is 3.04. The van der Waals surface area contributed by atoms with Crippen molar-refractivity contribution < 1.29 is 19.1 Å². The number of rotatable bonds is 10. The van der Waals surface area contributed by atoms with Crippen LogP contribution in [0.3, 0.4) is 0 Å². The van der Waals surface area contributed by atoms with E-state index in [0.29, 0.717) is 24.7 Å². The van der Waals surface area contributed by atoms with Gasteiger partial charge in [-0.2, -0.15) is 4.98 Å². The summed E-state index contributed by atoms with van der Waals surface area (Å²) in [6, 6.07) is 10.2. The number of carbonyl (C=O) groups is 3. The number of epoxide rings is 1. The lowest BCUT2D eigenvalue weighted by Gasteiger charge is -2.21. The van der Waals surface area contributed by atoms with Crippen molar-refractivity contribution in [3.8, 4) is 0 Å². The maximum atomic E-state index is 12.6. The number of nitrogens with one attached hydrogen (secondary N) is 3. The zero-order valence-electron chi connectivity index (χ0n) is 17.9. The fraction of sp³-hybridized carbons (Fsp3) is 0.381. The van der Waals surface area contributed by atoms with Crippen LogP contribution in [0.4, 0.5) is 11.8 Å². The molecule has 5 N–H and O–H groups in total. The largest absolute Gasteiger partial charge is 0.384 e. The molecule has 0 aliphatic carbocycles. The Kier molecular flexibility index (Phi) is 7.55. The molecule has 0 unspecified atom stereocenters. The first-order valence-corrected chi connectivity index (χ1v) is 10.2. The van der Waals surface area contributed by atoms with Gasteiger partial charge in [0.25, 0.3) is 11.8 Å². The van der Waals surface area contributed by atoms with Crippen molar-refractivity contribution in [2.24, 2.45) is 0 Å². The van der Waals surface area contributed by atoms with Crippen molar-refractivity contribution in [2.75, 3.05) is 38.2 Å². The molecule has 0 bridgehead atoms. The number of amides is 3. The molecule has 3 rings (SSSR count). The van der Waals surface area contributed by atoms with Gasteiger partial charge >= 0.3 is 0 Å². The van der Waals surface area contributed by atoms with Crippen molar-refractivity contribution in [2.45, 2.75) is 24.7 Å². The van der Waals surface area contributed by atoms with Crippen LogP contribution in [-0.4, -0.2) is 78.0 Å². The Labute approximate surface area is 185 Å². The van der Waals surface area contributed by atoms with Crippen LogP contribution in [0.2, 0.25) is 0 Å². The Morgan fingerprint density at radius 1 is 1.09 bits per heavy atom. The molecule has 2 heterocycles. The van der Waals surface area contributed by atoms with Crippen LogP contribution in [0.15, 0.2) is 42.6 Å². The van der Waals surface area contributed by atoms with Gasteiger partial charge in [-0.25, -0.2) is 4.98 Å². The minimum Gasteiger partial charge on any atom is -0.384 e. The summed E-state index contributed by atoms with van der Waals surface area (Å²) in [6.07, 6.45) is 0.0560. The predicted molar refractivity (Wildman–Crippen MR) is 117 cm³/mol. The lowest BCUT2D eigenvalue weighted by molar-refractivity contribution is -0.134. The second-order valence-corrected chi connectivity index (χ2v) is 7.48. The summed E-state index contributed by atoms with van der Waals surface area (Å²) in [5, 5.41) is 8.32. The topological polar surface area (TPSA) is 155 Å². The number of carbonyl (C=O) groups excluding carboxylic acids is 3. The van der Waals surface area contributed by atoms with Gasteiger partial charge in [0.2, 0.25) is 11.9 Å². The highest BCUT2D eigenvalue weighted by Crippen LogP contribution is 2.22. The number of nitrogens with zero attached hydrogens (tertiary/aromatic N) is 3. The number of ether oxygens (including phenoxy) is 1. The third kappa shape index (κ3) is 6.38. The molecule has 11 nitrogen and oxygen atoms in total. The lowest BCUT2D eigenvalue weighted by atomic mass is 10.0. The molecule has 1 saturated heterocycles. The number of benzene rings is 1. The van der Waals surface area contributed by atoms with Crippen molar-refractivity contribution in [3.05, 3.63) is 48.2 Å². The third-order valence-corrected chi connectivity index (χ3v) is 4.73. The van der Waals surface area contributed by atoms with Gasteiger partial charge in [-0.05, 0) is 11.6 Å². The zero-order chi connectivity index (χ0) is 23.1. The monoisotopic (exact) mass is 441 g/mol. The molecule has 0 saturated carbocycles. The van der Waals surface area contributed by atoms with Crippen molar-refractivity contribution >= 4 is 29.5 Å². The van der Waals surface area contributed by atoms with E-state index in [1.807, 2.05) is 30.3 Å². The summed E-state index contributed by atoms with van der Waals surface area (Å²) in [5.41, 5.74) is 6.49. The normalized spacial score (nSPS) is 17.7. The maximum absolute atomic E-state index is 12.6. The van der Waals surface area contributed by atoms with Gasteiger partial charge in [0.05, 0.1) is 0 Å². The second-order valence-electron chi connectivity index (χ2n) is 7.48. The first-order chi connectivity index (χ1) is 15.3. The Bertz CT molecular complexity index is 954. The van der Waals surface area contributed by atoms with Crippen LogP contribution in [0.5, 0.6) is 0 Å². The average molecular weight is 441 g/mol. The summed E-state index contributed by atoms with van der Waals surface area (Å²) in [5.74, 6) is -0.440. The summed E-state index contributed by atoms with van der Waals surface area (Å²) in [4.78, 5) is 46.7. The van der Waals surface area contributed by atoms with Gasteiger partial charge in [0, 0.05) is 39.8 Å². The van der Waals surface area contributed by atoms with Crippen LogP contribution in [0, 0.1) is 0 Å². The molecule has 1 aromatic carbocycles. The van der Waals surface area contributed by atoms with Crippen LogP contribution >= 0.6 is 0 Å². The van der Waals surface area contributed by atoms with Crippen LogP contribution in [0.1, 0.15) is 5.56 Å². The molecule has 170 valence electrons. The molecule has 3 atom stereocenters. The summed E-state index contributed by atoms with van der Waals surface area (Å²) in [6.45, 7) is 0.649. The van der Waals surface area contributed by atoms with Gasteiger partial charge < -0.3 is 31.3 Å². The summed E-state index contributed by atoms with van der Waals surface area (Å²) < 4.78 is 5.25. The standard InChI is InChI=1S/C21H27N7O4/c1-28(2)20(31)14(12-13-6-4-3-5-7-13)26-19(30)17-16(32-17)18(29)23-10-11-25-21-24-9-8-15(22)27-21/h3-9,14,16-17H,10-12H2,1-2H3,(H,23,29)(H,26,30)(H3,22,24,25,27)/t14-,16-,17-/m0/s1. The molecular formula is C21H27N7O4. The van der Waals surface area contributed by atoms with Crippen LogP contribution in [-0.2, 0) is 25.5 Å². The van der Waals surface area contributed by atoms with E-state index in [1.54, 1.807) is 20.2 Å². The molecule has 0 radical (unpaired) electrons. The molecule has 32 heavy (non-hydrogen) atoms. The molecule has 1 aliphatic heterocycles. The molecule has 1 aliphatic rings.